The molecule has 0 atom stereocenters. The number of ether oxygens (including phenoxy) is 1. The minimum Gasteiger partial charge on any atom is -0.390 e. The summed E-state index contributed by atoms with van der Waals surface area (Å²) in [5.41, 5.74) is -1.52. The molecule has 0 amide bonds. The quantitative estimate of drug-likeness (QED) is 0.445. The molecule has 0 spiro atoms. The standard InChI is InChI=1S/C11H7F4NO3/c12-8-2-1-6(3-7(8)11(13,14)15)16-4-9(17)19-10(18)5-16/h1-3H,4-5H2. The van der Waals surface area contributed by atoms with Crippen molar-refractivity contribution in [1.29, 1.82) is 0 Å². The van der Waals surface area contributed by atoms with Crippen LogP contribution in [0.4, 0.5) is 23.2 Å². The summed E-state index contributed by atoms with van der Waals surface area (Å²) in [6.45, 7) is -0.733. The number of halogens is 4. The Labute approximate surface area is 104 Å². The van der Waals surface area contributed by atoms with E-state index in [0.29, 0.717) is 12.1 Å². The Morgan fingerprint density at radius 1 is 1.11 bits per heavy atom. The normalized spacial score (nSPS) is 16.5. The Bertz CT molecular complexity index is 525. The average Bonchev–Trinajstić information content (AvgIpc) is 2.26. The van der Waals surface area contributed by atoms with Crippen LogP contribution in [0, 0.1) is 5.82 Å². The van der Waals surface area contributed by atoms with Crippen molar-refractivity contribution in [2.75, 3.05) is 18.0 Å². The molecular weight excluding hydrogens is 270 g/mol. The fourth-order valence-corrected chi connectivity index (χ4v) is 1.67. The molecule has 2 rings (SSSR count). The Hall–Kier alpha value is -2.12. The molecule has 102 valence electrons. The van der Waals surface area contributed by atoms with Crippen LogP contribution in [0.25, 0.3) is 0 Å². The minimum atomic E-state index is -4.85. The first kappa shape index (κ1) is 13.3. The second-order valence-corrected chi connectivity index (χ2v) is 3.86. The molecule has 1 aromatic carbocycles. The van der Waals surface area contributed by atoms with E-state index in [9.17, 15) is 27.2 Å². The number of hydrogen-bond donors (Lipinski definition) is 0. The van der Waals surface area contributed by atoms with Crippen LogP contribution in [-0.4, -0.2) is 25.0 Å². The van der Waals surface area contributed by atoms with Crippen molar-refractivity contribution in [3.05, 3.63) is 29.6 Å². The summed E-state index contributed by atoms with van der Waals surface area (Å²) in [7, 11) is 0. The zero-order valence-electron chi connectivity index (χ0n) is 9.33. The lowest BCUT2D eigenvalue weighted by Crippen LogP contribution is -2.43. The van der Waals surface area contributed by atoms with Crippen molar-refractivity contribution in [1.82, 2.24) is 0 Å². The molecule has 4 nitrogen and oxygen atoms in total. The molecular formula is C11H7F4NO3. The van der Waals surface area contributed by atoms with Gasteiger partial charge in [-0.15, -0.1) is 0 Å². The molecule has 0 aliphatic carbocycles. The third-order valence-electron chi connectivity index (χ3n) is 2.49. The number of cyclic esters (lactones) is 2. The van der Waals surface area contributed by atoms with Crippen LogP contribution in [0.5, 0.6) is 0 Å². The van der Waals surface area contributed by atoms with E-state index in [1.165, 1.54) is 0 Å². The molecule has 8 heteroatoms. The largest absolute Gasteiger partial charge is 0.419 e. The van der Waals surface area contributed by atoms with Gasteiger partial charge in [0.25, 0.3) is 0 Å². The summed E-state index contributed by atoms with van der Waals surface area (Å²) in [5.74, 6) is -3.15. The van der Waals surface area contributed by atoms with Gasteiger partial charge in [-0.05, 0) is 18.2 Å². The van der Waals surface area contributed by atoms with Gasteiger partial charge in [0.05, 0.1) is 5.56 Å². The molecule has 0 bridgehead atoms. The van der Waals surface area contributed by atoms with Gasteiger partial charge in [-0.2, -0.15) is 13.2 Å². The maximum absolute atomic E-state index is 13.1. The fourth-order valence-electron chi connectivity index (χ4n) is 1.67. The number of rotatable bonds is 1. The van der Waals surface area contributed by atoms with E-state index in [1.807, 2.05) is 0 Å². The van der Waals surface area contributed by atoms with Crippen molar-refractivity contribution < 1.29 is 31.9 Å². The van der Waals surface area contributed by atoms with Crippen LogP contribution in [-0.2, 0) is 20.5 Å². The molecule has 1 heterocycles. The summed E-state index contributed by atoms with van der Waals surface area (Å²) in [6.07, 6.45) is -4.85. The lowest BCUT2D eigenvalue weighted by atomic mass is 10.1. The SMILES string of the molecule is O=C1CN(c2ccc(F)c(C(F)(F)F)c2)CC(=O)O1. The predicted octanol–water partition coefficient (Wildman–Crippen LogP) is 1.73. The first-order valence-corrected chi connectivity index (χ1v) is 5.12. The van der Waals surface area contributed by atoms with E-state index in [4.69, 9.17) is 0 Å². The third-order valence-corrected chi connectivity index (χ3v) is 2.49. The highest BCUT2D eigenvalue weighted by Gasteiger charge is 2.35. The van der Waals surface area contributed by atoms with Crippen LogP contribution < -0.4 is 4.90 Å². The number of benzene rings is 1. The van der Waals surface area contributed by atoms with Gasteiger partial charge < -0.3 is 9.64 Å². The van der Waals surface area contributed by atoms with Gasteiger partial charge in [0.1, 0.15) is 18.9 Å². The van der Waals surface area contributed by atoms with Crippen LogP contribution in [0.3, 0.4) is 0 Å². The Balaban J connectivity index is 2.36. The summed E-state index contributed by atoms with van der Waals surface area (Å²) < 4.78 is 54.9. The van der Waals surface area contributed by atoms with Crippen molar-refractivity contribution in [3.8, 4) is 0 Å². The maximum atomic E-state index is 13.1. The number of carbonyl (C=O) groups is 2. The molecule has 0 unspecified atom stereocenters. The number of carbonyl (C=O) groups excluding carboxylic acids is 2. The van der Waals surface area contributed by atoms with Crippen LogP contribution in [0.2, 0.25) is 0 Å². The smallest absolute Gasteiger partial charge is 0.390 e. The van der Waals surface area contributed by atoms with E-state index >= 15 is 0 Å². The van der Waals surface area contributed by atoms with E-state index in [1.54, 1.807) is 0 Å². The molecule has 0 aromatic heterocycles. The van der Waals surface area contributed by atoms with Gasteiger partial charge in [-0.3, -0.25) is 0 Å². The predicted molar refractivity (Wildman–Crippen MR) is 54.7 cm³/mol. The van der Waals surface area contributed by atoms with Crippen LogP contribution >= 0.6 is 0 Å². The molecule has 19 heavy (non-hydrogen) atoms. The number of nitrogens with zero attached hydrogens (tertiary/aromatic N) is 1. The summed E-state index contributed by atoms with van der Waals surface area (Å²) in [4.78, 5) is 23.1. The van der Waals surface area contributed by atoms with Gasteiger partial charge >= 0.3 is 18.1 Å². The van der Waals surface area contributed by atoms with Gasteiger partial charge in [0.15, 0.2) is 0 Å². The van der Waals surface area contributed by atoms with Crippen molar-refractivity contribution in [2.24, 2.45) is 0 Å². The zero-order valence-corrected chi connectivity index (χ0v) is 9.33. The Morgan fingerprint density at radius 3 is 2.21 bits per heavy atom. The monoisotopic (exact) mass is 277 g/mol. The number of hydrogen-bond acceptors (Lipinski definition) is 4. The highest BCUT2D eigenvalue weighted by molar-refractivity contribution is 5.94. The van der Waals surface area contributed by atoms with Crippen molar-refractivity contribution in [2.45, 2.75) is 6.18 Å². The Morgan fingerprint density at radius 2 is 1.68 bits per heavy atom. The molecule has 1 saturated heterocycles. The highest BCUT2D eigenvalue weighted by atomic mass is 19.4. The van der Waals surface area contributed by atoms with E-state index < -0.39 is 29.5 Å². The molecule has 1 aliphatic heterocycles. The summed E-state index contributed by atoms with van der Waals surface area (Å²) >= 11 is 0. The first-order chi connectivity index (χ1) is 8.77. The highest BCUT2D eigenvalue weighted by Crippen LogP contribution is 2.34. The molecule has 1 aliphatic rings. The van der Waals surface area contributed by atoms with E-state index in [-0.39, 0.29) is 18.8 Å². The van der Waals surface area contributed by atoms with Crippen molar-refractivity contribution >= 4 is 17.6 Å². The Kier molecular flexibility index (Phi) is 3.17. The number of anilines is 1. The molecule has 1 fully saturated rings. The molecule has 0 saturated carbocycles. The molecule has 0 N–H and O–H groups in total. The second kappa shape index (κ2) is 4.52. The summed E-state index contributed by atoms with van der Waals surface area (Å²) in [5, 5.41) is 0. The zero-order chi connectivity index (χ0) is 14.2. The van der Waals surface area contributed by atoms with E-state index in [0.717, 1.165) is 11.0 Å². The average molecular weight is 277 g/mol. The van der Waals surface area contributed by atoms with Crippen LogP contribution in [0.1, 0.15) is 5.56 Å². The maximum Gasteiger partial charge on any atom is 0.419 e. The van der Waals surface area contributed by atoms with Gasteiger partial charge in [0.2, 0.25) is 0 Å². The van der Waals surface area contributed by atoms with Crippen LogP contribution in [0.15, 0.2) is 18.2 Å². The van der Waals surface area contributed by atoms with Gasteiger partial charge in [0, 0.05) is 5.69 Å². The minimum absolute atomic E-state index is 0.0706. The fraction of sp³-hybridized carbons (Fsp3) is 0.273. The summed E-state index contributed by atoms with van der Waals surface area (Å²) in [6, 6.07) is 2.26. The van der Waals surface area contributed by atoms with Gasteiger partial charge in [-0.25, -0.2) is 14.0 Å². The number of alkyl halides is 3. The van der Waals surface area contributed by atoms with E-state index in [2.05, 4.69) is 4.74 Å². The molecule has 0 radical (unpaired) electrons. The first-order valence-electron chi connectivity index (χ1n) is 5.12. The lowest BCUT2D eigenvalue weighted by molar-refractivity contribution is -0.160. The van der Waals surface area contributed by atoms with Crippen molar-refractivity contribution in [3.63, 3.8) is 0 Å². The number of esters is 2. The topological polar surface area (TPSA) is 46.6 Å². The lowest BCUT2D eigenvalue weighted by Gasteiger charge is -2.26. The number of morpholine rings is 1. The van der Waals surface area contributed by atoms with Gasteiger partial charge in [-0.1, -0.05) is 0 Å². The molecule has 1 aromatic rings. The third kappa shape index (κ3) is 2.83. The second-order valence-electron chi connectivity index (χ2n) is 3.86.